The Kier molecular flexibility index (Phi) is 4.38. The van der Waals surface area contributed by atoms with Crippen LogP contribution in [0.5, 0.6) is 11.5 Å². The Hall–Kier alpha value is -1.55. The normalized spacial score (nSPS) is 9.94. The van der Waals surface area contributed by atoms with Crippen molar-refractivity contribution >= 4 is 15.9 Å². The van der Waals surface area contributed by atoms with Crippen molar-refractivity contribution < 1.29 is 9.47 Å². The van der Waals surface area contributed by atoms with Gasteiger partial charge in [0.25, 0.3) is 0 Å². The maximum absolute atomic E-state index is 5.52. The predicted octanol–water partition coefficient (Wildman–Crippen LogP) is 3.30. The van der Waals surface area contributed by atoms with Gasteiger partial charge in [-0.2, -0.15) is 0 Å². The second kappa shape index (κ2) is 6.25. The standard InChI is InChI=1S/C13H12BrNO2/c14-11-3-5-12(6-4-11)16-8-9-17-13-2-1-7-15-10-13/h1-7,10H,8-9H2. The van der Waals surface area contributed by atoms with Gasteiger partial charge < -0.3 is 9.47 Å². The summed E-state index contributed by atoms with van der Waals surface area (Å²) in [6.45, 7) is 1.01. The van der Waals surface area contributed by atoms with E-state index in [2.05, 4.69) is 20.9 Å². The van der Waals surface area contributed by atoms with E-state index in [1.807, 2.05) is 36.4 Å². The van der Waals surface area contributed by atoms with Gasteiger partial charge in [-0.25, -0.2) is 0 Å². The Bertz CT molecular complexity index is 445. The number of benzene rings is 1. The van der Waals surface area contributed by atoms with Gasteiger partial charge in [0.2, 0.25) is 0 Å². The summed E-state index contributed by atoms with van der Waals surface area (Å²) in [6, 6.07) is 11.4. The third-order valence-electron chi connectivity index (χ3n) is 2.07. The van der Waals surface area contributed by atoms with Gasteiger partial charge in [0.15, 0.2) is 0 Å². The Morgan fingerprint density at radius 3 is 2.29 bits per heavy atom. The zero-order valence-electron chi connectivity index (χ0n) is 9.17. The quantitative estimate of drug-likeness (QED) is 0.793. The van der Waals surface area contributed by atoms with Crippen LogP contribution in [0.3, 0.4) is 0 Å². The van der Waals surface area contributed by atoms with Crippen molar-refractivity contribution in [1.29, 1.82) is 0 Å². The summed E-state index contributed by atoms with van der Waals surface area (Å²) in [5, 5.41) is 0. The van der Waals surface area contributed by atoms with Gasteiger partial charge in [-0.15, -0.1) is 0 Å². The van der Waals surface area contributed by atoms with Crippen molar-refractivity contribution in [3.63, 3.8) is 0 Å². The molecule has 0 spiro atoms. The topological polar surface area (TPSA) is 31.4 Å². The summed E-state index contributed by atoms with van der Waals surface area (Å²) in [5.74, 6) is 1.59. The van der Waals surface area contributed by atoms with E-state index in [9.17, 15) is 0 Å². The van der Waals surface area contributed by atoms with Crippen LogP contribution in [0.25, 0.3) is 0 Å². The molecule has 3 nitrogen and oxygen atoms in total. The number of hydrogen-bond acceptors (Lipinski definition) is 3. The van der Waals surface area contributed by atoms with E-state index in [-0.39, 0.29) is 0 Å². The zero-order chi connectivity index (χ0) is 11.9. The molecule has 0 fully saturated rings. The van der Waals surface area contributed by atoms with E-state index >= 15 is 0 Å². The molecule has 88 valence electrons. The maximum Gasteiger partial charge on any atom is 0.137 e. The highest BCUT2D eigenvalue weighted by molar-refractivity contribution is 9.10. The van der Waals surface area contributed by atoms with E-state index in [1.54, 1.807) is 12.4 Å². The molecule has 4 heteroatoms. The second-order valence-electron chi connectivity index (χ2n) is 3.34. The SMILES string of the molecule is Brc1ccc(OCCOc2cccnc2)cc1. The lowest BCUT2D eigenvalue weighted by atomic mass is 10.3. The van der Waals surface area contributed by atoms with Crippen molar-refractivity contribution in [1.82, 2.24) is 4.98 Å². The first kappa shape index (κ1) is 11.9. The van der Waals surface area contributed by atoms with Crippen LogP contribution in [0.15, 0.2) is 53.3 Å². The number of rotatable bonds is 5. The molecule has 0 saturated heterocycles. The molecule has 1 heterocycles. The lowest BCUT2D eigenvalue weighted by Crippen LogP contribution is -2.08. The zero-order valence-corrected chi connectivity index (χ0v) is 10.8. The molecule has 0 aliphatic rings. The minimum Gasteiger partial charge on any atom is -0.490 e. The Balaban J connectivity index is 1.71. The molecule has 0 radical (unpaired) electrons. The molecular weight excluding hydrogens is 282 g/mol. The largest absolute Gasteiger partial charge is 0.490 e. The first-order valence-corrected chi connectivity index (χ1v) is 6.05. The Morgan fingerprint density at radius 2 is 1.65 bits per heavy atom. The minimum atomic E-state index is 0.502. The number of hydrogen-bond donors (Lipinski definition) is 0. The molecule has 0 bridgehead atoms. The van der Waals surface area contributed by atoms with Crippen molar-refractivity contribution in [2.24, 2.45) is 0 Å². The summed E-state index contributed by atoms with van der Waals surface area (Å²) < 4.78 is 12.0. The van der Waals surface area contributed by atoms with Gasteiger partial charge in [0, 0.05) is 10.7 Å². The van der Waals surface area contributed by atoms with Crippen molar-refractivity contribution in [2.75, 3.05) is 13.2 Å². The van der Waals surface area contributed by atoms with Crippen LogP contribution in [-0.4, -0.2) is 18.2 Å². The van der Waals surface area contributed by atoms with Crippen LogP contribution < -0.4 is 9.47 Å². The van der Waals surface area contributed by atoms with E-state index in [0.717, 1.165) is 16.0 Å². The van der Waals surface area contributed by atoms with Gasteiger partial charge in [-0.3, -0.25) is 4.98 Å². The molecule has 0 aliphatic heterocycles. The molecule has 0 unspecified atom stereocenters. The number of nitrogens with zero attached hydrogens (tertiary/aromatic N) is 1. The Labute approximate surface area is 109 Å². The fourth-order valence-electron chi connectivity index (χ4n) is 1.28. The third-order valence-corrected chi connectivity index (χ3v) is 2.60. The first-order valence-electron chi connectivity index (χ1n) is 5.26. The molecule has 0 N–H and O–H groups in total. The molecule has 0 amide bonds. The minimum absolute atomic E-state index is 0.502. The Morgan fingerprint density at radius 1 is 0.941 bits per heavy atom. The van der Waals surface area contributed by atoms with Crippen molar-refractivity contribution in [3.8, 4) is 11.5 Å². The summed E-state index contributed by atoms with van der Waals surface area (Å²) >= 11 is 3.37. The van der Waals surface area contributed by atoms with E-state index < -0.39 is 0 Å². The fourth-order valence-corrected chi connectivity index (χ4v) is 1.55. The highest BCUT2D eigenvalue weighted by atomic mass is 79.9. The van der Waals surface area contributed by atoms with Gasteiger partial charge in [-0.1, -0.05) is 15.9 Å². The molecule has 1 aromatic heterocycles. The van der Waals surface area contributed by atoms with Crippen molar-refractivity contribution in [3.05, 3.63) is 53.3 Å². The van der Waals surface area contributed by atoms with Crippen molar-refractivity contribution in [2.45, 2.75) is 0 Å². The number of aromatic nitrogens is 1. The molecule has 1 aromatic carbocycles. The molecule has 2 rings (SSSR count). The lowest BCUT2D eigenvalue weighted by Gasteiger charge is -2.07. The van der Waals surface area contributed by atoms with Crippen LogP contribution in [0.4, 0.5) is 0 Å². The van der Waals surface area contributed by atoms with Crippen LogP contribution in [0, 0.1) is 0 Å². The van der Waals surface area contributed by atoms with E-state index in [0.29, 0.717) is 13.2 Å². The summed E-state index contributed by atoms with van der Waals surface area (Å²) in [4.78, 5) is 3.96. The van der Waals surface area contributed by atoms with E-state index in [4.69, 9.17) is 9.47 Å². The number of ether oxygens (including phenoxy) is 2. The predicted molar refractivity (Wildman–Crippen MR) is 69.4 cm³/mol. The molecular formula is C13H12BrNO2. The summed E-state index contributed by atoms with van der Waals surface area (Å²) in [5.41, 5.74) is 0. The third kappa shape index (κ3) is 4.07. The average molecular weight is 294 g/mol. The van der Waals surface area contributed by atoms with Gasteiger partial charge in [0.1, 0.15) is 24.7 Å². The molecule has 17 heavy (non-hydrogen) atoms. The fraction of sp³-hybridized carbons (Fsp3) is 0.154. The van der Waals surface area contributed by atoms with E-state index in [1.165, 1.54) is 0 Å². The van der Waals surface area contributed by atoms with Gasteiger partial charge in [-0.05, 0) is 36.4 Å². The molecule has 0 aliphatic carbocycles. The highest BCUT2D eigenvalue weighted by Crippen LogP contribution is 2.16. The first-order chi connectivity index (χ1) is 8.34. The molecule has 0 atom stereocenters. The monoisotopic (exact) mass is 293 g/mol. The average Bonchev–Trinajstić information content (AvgIpc) is 2.38. The van der Waals surface area contributed by atoms with Crippen LogP contribution in [0.2, 0.25) is 0 Å². The number of halogens is 1. The van der Waals surface area contributed by atoms with Gasteiger partial charge >= 0.3 is 0 Å². The second-order valence-corrected chi connectivity index (χ2v) is 4.26. The molecule has 2 aromatic rings. The highest BCUT2D eigenvalue weighted by Gasteiger charge is 1.95. The smallest absolute Gasteiger partial charge is 0.137 e. The van der Waals surface area contributed by atoms with Gasteiger partial charge in [0.05, 0.1) is 6.20 Å². The summed E-state index contributed by atoms with van der Waals surface area (Å²) in [7, 11) is 0. The maximum atomic E-state index is 5.52. The molecule has 0 saturated carbocycles. The van der Waals surface area contributed by atoms with Crippen LogP contribution >= 0.6 is 15.9 Å². The summed E-state index contributed by atoms with van der Waals surface area (Å²) in [6.07, 6.45) is 3.39. The van der Waals surface area contributed by atoms with Crippen LogP contribution in [0.1, 0.15) is 0 Å². The van der Waals surface area contributed by atoms with Crippen LogP contribution in [-0.2, 0) is 0 Å². The lowest BCUT2D eigenvalue weighted by molar-refractivity contribution is 0.216. The number of pyridine rings is 1.